The molecule has 196 valence electrons. The van der Waals surface area contributed by atoms with Crippen LogP contribution in [0.3, 0.4) is 0 Å². The summed E-state index contributed by atoms with van der Waals surface area (Å²) in [6, 6.07) is 16.4. The van der Waals surface area contributed by atoms with Crippen LogP contribution in [0.15, 0.2) is 71.4 Å². The topological polar surface area (TPSA) is 97.0 Å². The van der Waals surface area contributed by atoms with Crippen molar-refractivity contribution in [1.82, 2.24) is 5.32 Å². The van der Waals surface area contributed by atoms with Crippen LogP contribution >= 0.6 is 34.8 Å². The zero-order valence-electron chi connectivity index (χ0n) is 20.3. The number of carbonyl (C=O) groups is 3. The number of hydrogen-bond donors (Lipinski definition) is 2. The fourth-order valence-corrected chi connectivity index (χ4v) is 4.38. The monoisotopic (exact) mass is 573 g/mol. The van der Waals surface area contributed by atoms with E-state index < -0.39 is 11.8 Å². The van der Waals surface area contributed by atoms with E-state index in [4.69, 9.17) is 44.3 Å². The number of rotatable bonds is 9. The highest BCUT2D eigenvalue weighted by Crippen LogP contribution is 2.36. The van der Waals surface area contributed by atoms with Crippen molar-refractivity contribution in [2.45, 2.75) is 6.42 Å². The first-order valence-corrected chi connectivity index (χ1v) is 12.5. The maximum atomic E-state index is 13.0. The molecule has 1 aliphatic heterocycles. The fourth-order valence-electron chi connectivity index (χ4n) is 3.80. The van der Waals surface area contributed by atoms with E-state index in [0.717, 1.165) is 10.5 Å². The number of imide groups is 1. The quantitative estimate of drug-likeness (QED) is 0.331. The number of halogens is 3. The molecule has 1 heterocycles. The molecule has 0 spiro atoms. The lowest BCUT2D eigenvalue weighted by atomic mass is 10.1. The molecule has 0 saturated carbocycles. The van der Waals surface area contributed by atoms with Gasteiger partial charge >= 0.3 is 0 Å². The van der Waals surface area contributed by atoms with E-state index in [1.807, 2.05) is 18.2 Å². The Labute approximate surface area is 234 Å². The number of nitrogens with one attached hydrogen (secondary N) is 2. The number of hydrogen-bond acceptors (Lipinski definition) is 6. The number of nitrogens with zero attached hydrogens (tertiary/aromatic N) is 1. The Balaban J connectivity index is 1.38. The second kappa shape index (κ2) is 11.8. The summed E-state index contributed by atoms with van der Waals surface area (Å²) in [6.45, 7) is 0.412. The van der Waals surface area contributed by atoms with Crippen molar-refractivity contribution >= 4 is 63.9 Å². The SMILES string of the molecule is COc1ccc(CCNC(=O)c2ccc(NC3=C(Cl)C(=O)N(c4cc(Cl)ccc4Cl)C3=O)cc2)cc1OC. The van der Waals surface area contributed by atoms with E-state index in [-0.39, 0.29) is 27.3 Å². The Morgan fingerprint density at radius 3 is 2.26 bits per heavy atom. The van der Waals surface area contributed by atoms with Crippen LogP contribution in [0, 0.1) is 0 Å². The molecule has 0 fully saturated rings. The molecule has 0 atom stereocenters. The molecular weight excluding hydrogens is 553 g/mol. The maximum absolute atomic E-state index is 13.0. The number of ether oxygens (including phenoxy) is 2. The first-order chi connectivity index (χ1) is 18.2. The van der Waals surface area contributed by atoms with Crippen LogP contribution in [0.1, 0.15) is 15.9 Å². The maximum Gasteiger partial charge on any atom is 0.283 e. The van der Waals surface area contributed by atoms with Crippen molar-refractivity contribution in [2.24, 2.45) is 0 Å². The van der Waals surface area contributed by atoms with E-state index in [0.29, 0.717) is 40.7 Å². The average molecular weight is 575 g/mol. The standard InChI is InChI=1S/C27H22Cl3N3O5/c1-37-21-10-3-15(13-22(21)38-2)11-12-31-25(34)16-4-7-18(8-5-16)32-24-23(30)26(35)33(27(24)36)20-14-17(28)6-9-19(20)29/h3-10,13-14,32H,11-12H2,1-2H3,(H,31,34). The molecule has 0 unspecified atom stereocenters. The van der Waals surface area contributed by atoms with Crippen LogP contribution in [-0.4, -0.2) is 38.5 Å². The normalized spacial score (nSPS) is 13.1. The molecule has 8 nitrogen and oxygen atoms in total. The van der Waals surface area contributed by atoms with Gasteiger partial charge in [-0.3, -0.25) is 14.4 Å². The molecule has 3 aromatic carbocycles. The molecule has 4 rings (SSSR count). The van der Waals surface area contributed by atoms with Crippen LogP contribution < -0.4 is 25.0 Å². The van der Waals surface area contributed by atoms with Gasteiger partial charge in [-0.25, -0.2) is 4.90 Å². The number of benzene rings is 3. The molecule has 11 heteroatoms. The van der Waals surface area contributed by atoms with Crippen molar-refractivity contribution < 1.29 is 23.9 Å². The minimum absolute atomic E-state index is 0.111. The zero-order valence-corrected chi connectivity index (χ0v) is 22.6. The number of methoxy groups -OCH3 is 2. The van der Waals surface area contributed by atoms with Crippen LogP contribution in [-0.2, 0) is 16.0 Å². The Morgan fingerprint density at radius 1 is 0.868 bits per heavy atom. The summed E-state index contributed by atoms with van der Waals surface area (Å²) in [5, 5.41) is 5.92. The number of carbonyl (C=O) groups excluding carboxylic acids is 3. The molecule has 0 aliphatic carbocycles. The predicted octanol–water partition coefficient (Wildman–Crippen LogP) is 5.42. The summed E-state index contributed by atoms with van der Waals surface area (Å²) in [4.78, 5) is 39.1. The van der Waals surface area contributed by atoms with Gasteiger partial charge < -0.3 is 20.1 Å². The highest BCUT2D eigenvalue weighted by molar-refractivity contribution is 6.54. The molecule has 0 radical (unpaired) electrons. The van der Waals surface area contributed by atoms with Crippen molar-refractivity contribution in [2.75, 3.05) is 31.0 Å². The third kappa shape index (κ3) is 5.72. The van der Waals surface area contributed by atoms with Crippen LogP contribution in [0.5, 0.6) is 11.5 Å². The minimum Gasteiger partial charge on any atom is -0.493 e. The first-order valence-electron chi connectivity index (χ1n) is 11.3. The van der Waals surface area contributed by atoms with E-state index in [9.17, 15) is 14.4 Å². The van der Waals surface area contributed by atoms with Crippen molar-refractivity contribution in [1.29, 1.82) is 0 Å². The van der Waals surface area contributed by atoms with Crippen LogP contribution in [0.2, 0.25) is 10.0 Å². The van der Waals surface area contributed by atoms with E-state index in [1.165, 1.54) is 12.1 Å². The fraction of sp³-hybridized carbons (Fsp3) is 0.148. The van der Waals surface area contributed by atoms with Gasteiger partial charge in [0.1, 0.15) is 10.7 Å². The number of anilines is 2. The van der Waals surface area contributed by atoms with Crippen LogP contribution in [0.25, 0.3) is 0 Å². The minimum atomic E-state index is -0.728. The van der Waals surface area contributed by atoms with Crippen molar-refractivity contribution in [3.63, 3.8) is 0 Å². The van der Waals surface area contributed by atoms with Gasteiger partial charge in [0.15, 0.2) is 11.5 Å². The van der Waals surface area contributed by atoms with E-state index in [1.54, 1.807) is 44.6 Å². The van der Waals surface area contributed by atoms with Gasteiger partial charge in [-0.15, -0.1) is 0 Å². The largest absolute Gasteiger partial charge is 0.493 e. The average Bonchev–Trinajstić information content (AvgIpc) is 3.13. The molecular formula is C27H22Cl3N3O5. The second-order valence-electron chi connectivity index (χ2n) is 8.13. The summed E-state index contributed by atoms with van der Waals surface area (Å²) >= 11 is 18.4. The van der Waals surface area contributed by atoms with E-state index >= 15 is 0 Å². The molecule has 0 aromatic heterocycles. The predicted molar refractivity (Wildman–Crippen MR) is 147 cm³/mol. The van der Waals surface area contributed by atoms with Gasteiger partial charge in [-0.1, -0.05) is 40.9 Å². The lowest BCUT2D eigenvalue weighted by molar-refractivity contribution is -0.120. The molecule has 38 heavy (non-hydrogen) atoms. The summed E-state index contributed by atoms with van der Waals surface area (Å²) in [6.07, 6.45) is 0.599. The second-order valence-corrected chi connectivity index (χ2v) is 9.35. The summed E-state index contributed by atoms with van der Waals surface area (Å²) in [7, 11) is 3.14. The Kier molecular flexibility index (Phi) is 8.46. The molecule has 3 amide bonds. The summed E-state index contributed by atoms with van der Waals surface area (Å²) < 4.78 is 10.5. The van der Waals surface area contributed by atoms with Gasteiger partial charge in [0.2, 0.25) is 0 Å². The Hall–Kier alpha value is -3.72. The zero-order chi connectivity index (χ0) is 27.4. The summed E-state index contributed by atoms with van der Waals surface area (Å²) in [5.74, 6) is -0.412. The third-order valence-electron chi connectivity index (χ3n) is 5.74. The smallest absolute Gasteiger partial charge is 0.283 e. The number of amides is 3. The van der Waals surface area contributed by atoms with Crippen molar-refractivity contribution in [3.05, 3.63) is 92.6 Å². The Morgan fingerprint density at radius 2 is 1.58 bits per heavy atom. The molecule has 1 aliphatic rings. The first kappa shape index (κ1) is 27.3. The Bertz CT molecular complexity index is 1440. The summed E-state index contributed by atoms with van der Waals surface area (Å²) in [5.41, 5.74) is 1.88. The van der Waals surface area contributed by atoms with Gasteiger partial charge in [0.05, 0.1) is 24.9 Å². The van der Waals surface area contributed by atoms with Crippen molar-refractivity contribution in [3.8, 4) is 11.5 Å². The lowest BCUT2D eigenvalue weighted by Crippen LogP contribution is -2.32. The molecule has 0 bridgehead atoms. The van der Waals surface area contributed by atoms with Gasteiger partial charge in [-0.05, 0) is 66.6 Å². The van der Waals surface area contributed by atoms with Gasteiger partial charge in [-0.2, -0.15) is 0 Å². The molecule has 0 saturated heterocycles. The molecule has 2 N–H and O–H groups in total. The van der Waals surface area contributed by atoms with Crippen LogP contribution in [0.4, 0.5) is 11.4 Å². The van der Waals surface area contributed by atoms with Gasteiger partial charge in [0.25, 0.3) is 17.7 Å². The molecule has 3 aromatic rings. The lowest BCUT2D eigenvalue weighted by Gasteiger charge is -2.17. The van der Waals surface area contributed by atoms with E-state index in [2.05, 4.69) is 10.6 Å². The highest BCUT2D eigenvalue weighted by Gasteiger charge is 2.40. The highest BCUT2D eigenvalue weighted by atomic mass is 35.5. The van der Waals surface area contributed by atoms with Gasteiger partial charge in [0, 0.05) is 22.8 Å². The third-order valence-corrected chi connectivity index (χ3v) is 6.65.